The maximum atomic E-state index is 12.2. The van der Waals surface area contributed by atoms with Gasteiger partial charge in [-0.05, 0) is 35.4 Å². The number of aryl methyl sites for hydroxylation is 1. The molecule has 2 heterocycles. The Kier molecular flexibility index (Phi) is 4.75. The molecule has 0 amide bonds. The third kappa shape index (κ3) is 3.49. The molecule has 0 spiro atoms. The first-order valence-corrected chi connectivity index (χ1v) is 9.13. The van der Waals surface area contributed by atoms with Crippen molar-refractivity contribution in [3.8, 4) is 16.9 Å². The number of fused-ring (bicyclic) bond motifs is 1. The van der Waals surface area contributed by atoms with Gasteiger partial charge in [-0.2, -0.15) is 0 Å². The highest BCUT2D eigenvalue weighted by molar-refractivity contribution is 7.93. The van der Waals surface area contributed by atoms with Crippen molar-refractivity contribution in [1.29, 1.82) is 0 Å². The van der Waals surface area contributed by atoms with Gasteiger partial charge >= 0.3 is 0 Å². The Balaban J connectivity index is 1.76. The van der Waals surface area contributed by atoms with E-state index in [0.29, 0.717) is 34.9 Å². The third-order valence-electron chi connectivity index (χ3n) is 4.34. The van der Waals surface area contributed by atoms with Crippen molar-refractivity contribution in [2.75, 3.05) is 0 Å². The van der Waals surface area contributed by atoms with E-state index in [2.05, 4.69) is 0 Å². The van der Waals surface area contributed by atoms with Crippen molar-refractivity contribution in [1.82, 2.24) is 4.57 Å². The second-order valence-corrected chi connectivity index (χ2v) is 6.83. The Hall–Kier alpha value is -2.96. The van der Waals surface area contributed by atoms with Crippen molar-refractivity contribution < 1.29 is 13.7 Å². The highest BCUT2D eigenvalue weighted by Gasteiger charge is 2.13. The lowest BCUT2D eigenvalue weighted by Crippen LogP contribution is -2.15. The van der Waals surface area contributed by atoms with Crippen LogP contribution in [0, 0.1) is 0 Å². The summed E-state index contributed by atoms with van der Waals surface area (Å²) < 4.78 is 22.4. The van der Waals surface area contributed by atoms with Gasteiger partial charge in [0.15, 0.2) is 5.58 Å². The summed E-state index contributed by atoms with van der Waals surface area (Å²) in [5, 5.41) is 0.729. The van der Waals surface area contributed by atoms with Crippen LogP contribution in [0.1, 0.15) is 5.56 Å². The predicted molar refractivity (Wildman–Crippen MR) is 106 cm³/mol. The highest BCUT2D eigenvalue weighted by Crippen LogP contribution is 2.33. The molecule has 0 bridgehead atoms. The Morgan fingerprint density at radius 3 is 2.74 bits per heavy atom. The molecule has 0 aliphatic rings. The maximum Gasteiger partial charge on any atom is 0.293 e. The first-order chi connectivity index (χ1) is 13.2. The van der Waals surface area contributed by atoms with Crippen LogP contribution < -0.4 is 10.3 Å². The van der Waals surface area contributed by atoms with Crippen molar-refractivity contribution in [2.24, 2.45) is 7.05 Å². The van der Waals surface area contributed by atoms with Crippen LogP contribution in [0.2, 0.25) is 0 Å². The number of rotatable bonds is 5. The van der Waals surface area contributed by atoms with E-state index in [4.69, 9.17) is 9.15 Å². The maximum absolute atomic E-state index is 12.2. The van der Waals surface area contributed by atoms with E-state index in [1.807, 2.05) is 42.5 Å². The topological polar surface area (TPSA) is 64.6 Å². The fourth-order valence-corrected chi connectivity index (χ4v) is 3.35. The monoisotopic (exact) mass is 379 g/mol. The molecule has 0 atom stereocenters. The van der Waals surface area contributed by atoms with E-state index in [1.165, 1.54) is 10.8 Å². The van der Waals surface area contributed by atoms with Gasteiger partial charge in [0.25, 0.3) is 5.56 Å². The van der Waals surface area contributed by atoms with Crippen LogP contribution in [0.5, 0.6) is 5.75 Å². The summed E-state index contributed by atoms with van der Waals surface area (Å²) in [5.41, 5.74) is 2.84. The van der Waals surface area contributed by atoms with Crippen LogP contribution in [0.25, 0.3) is 22.1 Å². The average Bonchev–Trinajstić information content (AvgIpc) is 3.20. The van der Waals surface area contributed by atoms with Crippen LogP contribution in [0.4, 0.5) is 0 Å². The second-order valence-electron chi connectivity index (χ2n) is 6.18. The van der Waals surface area contributed by atoms with Gasteiger partial charge in [0.2, 0.25) is 0 Å². The summed E-state index contributed by atoms with van der Waals surface area (Å²) in [6, 6.07) is 17.2. The number of pyridine rings is 1. The molecule has 0 fully saturated rings. The first kappa shape index (κ1) is 17.5. The number of nitrogens with zero attached hydrogens (tertiary/aromatic N) is 1. The molecular formula is C21H17NO4S. The summed E-state index contributed by atoms with van der Waals surface area (Å²) in [5.74, 6) is 0.637. The van der Waals surface area contributed by atoms with Crippen LogP contribution in [0.3, 0.4) is 0 Å². The van der Waals surface area contributed by atoms with E-state index < -0.39 is 0 Å². The van der Waals surface area contributed by atoms with E-state index in [0.717, 1.165) is 22.1 Å². The Bertz CT molecular complexity index is 1150. The van der Waals surface area contributed by atoms with E-state index in [1.54, 1.807) is 25.4 Å². The summed E-state index contributed by atoms with van der Waals surface area (Å²) >= 11 is 0.656. The van der Waals surface area contributed by atoms with E-state index >= 15 is 0 Å². The number of aromatic nitrogens is 1. The molecular weight excluding hydrogens is 362 g/mol. The van der Waals surface area contributed by atoms with Gasteiger partial charge in [-0.3, -0.25) is 4.79 Å². The minimum Gasteiger partial charge on any atom is -0.489 e. The van der Waals surface area contributed by atoms with Gasteiger partial charge < -0.3 is 18.3 Å². The van der Waals surface area contributed by atoms with Crippen LogP contribution in [-0.2, 0) is 13.7 Å². The Labute approximate surface area is 160 Å². The second kappa shape index (κ2) is 7.34. The standard InChI is InChI=1S/C21H17NO4S/c1-22-12-19(18-7-8-25-20(18)21(22)23)15-9-16(11-17(10-15)27-24)26-13-14-5-3-2-4-6-14/h2-12,24H,13H2,1H3. The minimum atomic E-state index is -0.188. The van der Waals surface area contributed by atoms with E-state index in [-0.39, 0.29) is 5.56 Å². The van der Waals surface area contributed by atoms with Gasteiger partial charge in [0, 0.05) is 41.1 Å². The lowest BCUT2D eigenvalue weighted by atomic mass is 10.0. The largest absolute Gasteiger partial charge is 0.489 e. The molecule has 0 saturated carbocycles. The lowest BCUT2D eigenvalue weighted by molar-refractivity contribution is 0.305. The molecule has 2 aromatic heterocycles. The summed E-state index contributed by atoms with van der Waals surface area (Å²) in [7, 11) is 1.69. The van der Waals surface area contributed by atoms with Crippen molar-refractivity contribution in [2.45, 2.75) is 11.5 Å². The predicted octanol–water partition coefficient (Wildman–Crippen LogP) is 4.94. The molecule has 0 aliphatic carbocycles. The lowest BCUT2D eigenvalue weighted by Gasteiger charge is -2.12. The van der Waals surface area contributed by atoms with Crippen LogP contribution >= 0.6 is 12.0 Å². The molecule has 0 radical (unpaired) electrons. The smallest absolute Gasteiger partial charge is 0.293 e. The van der Waals surface area contributed by atoms with Gasteiger partial charge in [-0.1, -0.05) is 30.3 Å². The third-order valence-corrected chi connectivity index (χ3v) is 4.78. The molecule has 6 heteroatoms. The molecule has 27 heavy (non-hydrogen) atoms. The van der Waals surface area contributed by atoms with Gasteiger partial charge in [-0.25, -0.2) is 0 Å². The number of hydrogen-bond acceptors (Lipinski definition) is 5. The molecule has 0 saturated heterocycles. The molecule has 0 unspecified atom stereocenters. The van der Waals surface area contributed by atoms with E-state index in [9.17, 15) is 9.35 Å². The molecule has 1 N–H and O–H groups in total. The summed E-state index contributed by atoms with van der Waals surface area (Å²) in [6.45, 7) is 0.425. The summed E-state index contributed by atoms with van der Waals surface area (Å²) in [6.07, 6.45) is 3.27. The first-order valence-electron chi connectivity index (χ1n) is 8.36. The zero-order chi connectivity index (χ0) is 18.8. The molecule has 2 aromatic carbocycles. The van der Waals surface area contributed by atoms with Gasteiger partial charge in [-0.15, -0.1) is 0 Å². The zero-order valence-corrected chi connectivity index (χ0v) is 15.4. The molecule has 5 nitrogen and oxygen atoms in total. The molecule has 4 aromatic rings. The summed E-state index contributed by atoms with van der Waals surface area (Å²) in [4.78, 5) is 12.9. The van der Waals surface area contributed by atoms with Crippen LogP contribution in [0.15, 0.2) is 81.2 Å². The number of benzene rings is 2. The number of hydrogen-bond donors (Lipinski definition) is 1. The SMILES string of the molecule is Cn1cc(-c2cc(OCc3ccccc3)cc(SO)c2)c2ccoc2c1=O. The van der Waals surface area contributed by atoms with Crippen molar-refractivity contribution in [3.05, 3.63) is 83.0 Å². The molecule has 136 valence electrons. The van der Waals surface area contributed by atoms with Crippen molar-refractivity contribution >= 4 is 23.0 Å². The van der Waals surface area contributed by atoms with Crippen LogP contribution in [-0.4, -0.2) is 9.12 Å². The highest BCUT2D eigenvalue weighted by atomic mass is 32.2. The van der Waals surface area contributed by atoms with Crippen molar-refractivity contribution in [3.63, 3.8) is 0 Å². The average molecular weight is 379 g/mol. The zero-order valence-electron chi connectivity index (χ0n) is 14.6. The quantitative estimate of drug-likeness (QED) is 0.498. The fraction of sp³-hybridized carbons (Fsp3) is 0.0952. The number of ether oxygens (including phenoxy) is 1. The molecule has 0 aliphatic heterocycles. The normalized spacial score (nSPS) is 11.0. The fourth-order valence-electron chi connectivity index (χ4n) is 3.00. The molecule has 4 rings (SSSR count). The van der Waals surface area contributed by atoms with Gasteiger partial charge in [0.1, 0.15) is 12.4 Å². The number of furan rings is 1. The Morgan fingerprint density at radius 2 is 1.96 bits per heavy atom. The minimum absolute atomic E-state index is 0.188. The Morgan fingerprint density at radius 1 is 1.15 bits per heavy atom. The van der Waals surface area contributed by atoms with Gasteiger partial charge in [0.05, 0.1) is 6.26 Å².